The number of rotatable bonds is 4. The van der Waals surface area contributed by atoms with Gasteiger partial charge in [-0.05, 0) is 25.5 Å². The standard InChI is InChI=1S/C18H23N3O3/c1-13-5-3-4-6-16(13)20-9-10-21(14(2)12-20)18(23)8-7-15-11-17(22)19-24-15/h3-6,11,14H,7-10,12H2,1-2H3,(H,19,22)/t14-/m1/s1. The van der Waals surface area contributed by atoms with E-state index in [0.29, 0.717) is 25.1 Å². The van der Waals surface area contributed by atoms with Crippen molar-refractivity contribution in [3.8, 4) is 0 Å². The van der Waals surface area contributed by atoms with E-state index in [1.54, 1.807) is 0 Å². The predicted molar refractivity (Wildman–Crippen MR) is 92.2 cm³/mol. The van der Waals surface area contributed by atoms with Gasteiger partial charge in [0.1, 0.15) is 5.76 Å². The summed E-state index contributed by atoms with van der Waals surface area (Å²) in [4.78, 5) is 27.8. The summed E-state index contributed by atoms with van der Waals surface area (Å²) in [6.07, 6.45) is 0.803. The second-order valence-corrected chi connectivity index (χ2v) is 6.35. The van der Waals surface area contributed by atoms with Crippen LogP contribution in [-0.4, -0.2) is 41.6 Å². The van der Waals surface area contributed by atoms with Gasteiger partial charge in [-0.1, -0.05) is 18.2 Å². The highest BCUT2D eigenvalue weighted by atomic mass is 16.5. The van der Waals surface area contributed by atoms with Crippen LogP contribution in [0.3, 0.4) is 0 Å². The molecule has 0 radical (unpaired) electrons. The van der Waals surface area contributed by atoms with Crippen LogP contribution in [0.5, 0.6) is 0 Å². The molecule has 0 saturated carbocycles. The van der Waals surface area contributed by atoms with Crippen LogP contribution in [0.4, 0.5) is 5.69 Å². The number of para-hydroxylation sites is 1. The lowest BCUT2D eigenvalue weighted by atomic mass is 10.1. The van der Waals surface area contributed by atoms with E-state index < -0.39 is 0 Å². The van der Waals surface area contributed by atoms with Gasteiger partial charge in [0.05, 0.1) is 0 Å². The molecular weight excluding hydrogens is 306 g/mol. The van der Waals surface area contributed by atoms with Gasteiger partial charge in [0.25, 0.3) is 5.56 Å². The number of aromatic amines is 1. The van der Waals surface area contributed by atoms with Crippen molar-refractivity contribution in [3.05, 3.63) is 52.0 Å². The highest BCUT2D eigenvalue weighted by Crippen LogP contribution is 2.23. The second kappa shape index (κ2) is 6.95. The lowest BCUT2D eigenvalue weighted by Crippen LogP contribution is -2.54. The second-order valence-electron chi connectivity index (χ2n) is 6.35. The molecule has 1 saturated heterocycles. The number of carbonyl (C=O) groups is 1. The maximum Gasteiger partial charge on any atom is 0.280 e. The molecule has 1 atom stereocenters. The highest BCUT2D eigenvalue weighted by Gasteiger charge is 2.27. The van der Waals surface area contributed by atoms with Crippen molar-refractivity contribution in [2.24, 2.45) is 0 Å². The molecule has 1 fully saturated rings. The molecule has 6 nitrogen and oxygen atoms in total. The highest BCUT2D eigenvalue weighted by molar-refractivity contribution is 5.77. The van der Waals surface area contributed by atoms with E-state index in [1.807, 2.05) is 11.0 Å². The molecular formula is C18H23N3O3. The first kappa shape index (κ1) is 16.4. The fraction of sp³-hybridized carbons (Fsp3) is 0.444. The SMILES string of the molecule is Cc1ccccc1N1CCN(C(=O)CCc2cc(=O)[nH]o2)[C@H](C)C1. The largest absolute Gasteiger partial charge is 0.384 e. The molecule has 0 spiro atoms. The third-order valence-electron chi connectivity index (χ3n) is 4.56. The number of benzene rings is 1. The van der Waals surface area contributed by atoms with Gasteiger partial charge in [-0.25, -0.2) is 0 Å². The molecule has 2 aromatic rings. The summed E-state index contributed by atoms with van der Waals surface area (Å²) in [5, 5.41) is 2.25. The van der Waals surface area contributed by atoms with Gasteiger partial charge >= 0.3 is 0 Å². The van der Waals surface area contributed by atoms with Gasteiger partial charge in [-0.2, -0.15) is 5.16 Å². The Kier molecular flexibility index (Phi) is 4.74. The number of nitrogens with one attached hydrogen (secondary N) is 1. The number of aromatic nitrogens is 1. The molecule has 1 aliphatic rings. The Hall–Kier alpha value is -2.50. The van der Waals surface area contributed by atoms with E-state index in [-0.39, 0.29) is 17.5 Å². The van der Waals surface area contributed by atoms with Crippen molar-refractivity contribution < 1.29 is 9.32 Å². The smallest absolute Gasteiger partial charge is 0.280 e. The molecule has 1 N–H and O–H groups in total. The minimum atomic E-state index is -0.266. The van der Waals surface area contributed by atoms with Gasteiger partial charge in [-0.3, -0.25) is 9.59 Å². The molecule has 1 aromatic heterocycles. The number of amides is 1. The fourth-order valence-corrected chi connectivity index (χ4v) is 3.28. The maximum atomic E-state index is 12.5. The lowest BCUT2D eigenvalue weighted by molar-refractivity contribution is -0.133. The first-order valence-electron chi connectivity index (χ1n) is 8.32. The molecule has 0 aliphatic carbocycles. The van der Waals surface area contributed by atoms with Crippen molar-refractivity contribution >= 4 is 11.6 Å². The summed E-state index contributed by atoms with van der Waals surface area (Å²) in [5.74, 6) is 0.635. The molecule has 2 heterocycles. The minimum absolute atomic E-state index is 0.107. The molecule has 3 rings (SSSR count). The zero-order valence-electron chi connectivity index (χ0n) is 14.1. The molecule has 6 heteroatoms. The van der Waals surface area contributed by atoms with E-state index in [0.717, 1.165) is 13.1 Å². The number of piperazine rings is 1. The van der Waals surface area contributed by atoms with Crippen LogP contribution in [-0.2, 0) is 11.2 Å². The first-order valence-corrected chi connectivity index (χ1v) is 8.32. The van der Waals surface area contributed by atoms with Crippen LogP contribution in [0.1, 0.15) is 24.7 Å². The average molecular weight is 329 g/mol. The Morgan fingerprint density at radius 1 is 1.33 bits per heavy atom. The van der Waals surface area contributed by atoms with Crippen LogP contribution in [0, 0.1) is 6.92 Å². The zero-order valence-corrected chi connectivity index (χ0v) is 14.1. The Balaban J connectivity index is 1.58. The Bertz CT molecular complexity index is 765. The number of nitrogens with zero attached hydrogens (tertiary/aromatic N) is 2. The summed E-state index contributed by atoms with van der Waals surface area (Å²) < 4.78 is 5.00. The topological polar surface area (TPSA) is 69.6 Å². The average Bonchev–Trinajstić information content (AvgIpc) is 2.98. The summed E-state index contributed by atoms with van der Waals surface area (Å²) >= 11 is 0. The van der Waals surface area contributed by atoms with E-state index >= 15 is 0 Å². The van der Waals surface area contributed by atoms with E-state index in [2.05, 4.69) is 42.1 Å². The van der Waals surface area contributed by atoms with Crippen LogP contribution in [0.25, 0.3) is 0 Å². The van der Waals surface area contributed by atoms with Crippen molar-refractivity contribution in [1.29, 1.82) is 0 Å². The van der Waals surface area contributed by atoms with Crippen LogP contribution in [0.2, 0.25) is 0 Å². The zero-order chi connectivity index (χ0) is 17.1. The van der Waals surface area contributed by atoms with E-state index in [1.165, 1.54) is 17.3 Å². The predicted octanol–water partition coefficient (Wildman–Crippen LogP) is 1.95. The van der Waals surface area contributed by atoms with Crippen molar-refractivity contribution in [2.75, 3.05) is 24.5 Å². The Labute approximate surface area is 141 Å². The van der Waals surface area contributed by atoms with Crippen molar-refractivity contribution in [1.82, 2.24) is 10.1 Å². The van der Waals surface area contributed by atoms with Crippen LogP contribution >= 0.6 is 0 Å². The molecule has 128 valence electrons. The molecule has 1 aromatic carbocycles. The molecule has 24 heavy (non-hydrogen) atoms. The van der Waals surface area contributed by atoms with E-state index in [4.69, 9.17) is 4.52 Å². The summed E-state index contributed by atoms with van der Waals surface area (Å²) in [6.45, 7) is 6.57. The van der Waals surface area contributed by atoms with Gasteiger partial charge in [0.2, 0.25) is 5.91 Å². The Morgan fingerprint density at radius 3 is 2.79 bits per heavy atom. The Morgan fingerprint density at radius 2 is 2.12 bits per heavy atom. The number of H-pyrrole nitrogens is 1. The van der Waals surface area contributed by atoms with Gasteiger partial charge in [0.15, 0.2) is 0 Å². The summed E-state index contributed by atoms with van der Waals surface area (Å²) in [6, 6.07) is 9.89. The molecule has 1 aliphatic heterocycles. The normalized spacial score (nSPS) is 18.0. The first-order chi connectivity index (χ1) is 11.5. The van der Waals surface area contributed by atoms with Crippen LogP contribution in [0.15, 0.2) is 39.6 Å². The third kappa shape index (κ3) is 3.53. The number of hydrogen-bond donors (Lipinski definition) is 1. The van der Waals surface area contributed by atoms with E-state index in [9.17, 15) is 9.59 Å². The monoisotopic (exact) mass is 329 g/mol. The number of aryl methyl sites for hydroxylation is 2. The molecule has 0 unspecified atom stereocenters. The minimum Gasteiger partial charge on any atom is -0.384 e. The summed E-state index contributed by atoms with van der Waals surface area (Å²) in [5.41, 5.74) is 2.23. The van der Waals surface area contributed by atoms with Crippen molar-refractivity contribution in [2.45, 2.75) is 32.7 Å². The summed E-state index contributed by atoms with van der Waals surface area (Å²) in [7, 11) is 0. The fourth-order valence-electron chi connectivity index (χ4n) is 3.28. The number of hydrogen-bond acceptors (Lipinski definition) is 4. The molecule has 1 amide bonds. The van der Waals surface area contributed by atoms with Gasteiger partial charge < -0.3 is 14.3 Å². The van der Waals surface area contributed by atoms with Crippen LogP contribution < -0.4 is 10.5 Å². The molecule has 0 bridgehead atoms. The van der Waals surface area contributed by atoms with Gasteiger partial charge in [0, 0.05) is 50.3 Å². The maximum absolute atomic E-state index is 12.5. The lowest BCUT2D eigenvalue weighted by Gasteiger charge is -2.41. The number of carbonyl (C=O) groups excluding carboxylic acids is 1. The third-order valence-corrected chi connectivity index (χ3v) is 4.56. The van der Waals surface area contributed by atoms with Crippen molar-refractivity contribution in [3.63, 3.8) is 0 Å². The number of anilines is 1. The van der Waals surface area contributed by atoms with Gasteiger partial charge in [-0.15, -0.1) is 0 Å². The quantitative estimate of drug-likeness (QED) is 0.931.